The van der Waals surface area contributed by atoms with Crippen LogP contribution in [0.2, 0.25) is 0 Å². The van der Waals surface area contributed by atoms with Crippen molar-refractivity contribution in [2.24, 2.45) is 0 Å². The normalized spacial score (nSPS) is 17.1. The SMILES string of the molecule is O=C(c1csc(Br)c1)N1CCSCC1. The number of amides is 1. The summed E-state index contributed by atoms with van der Waals surface area (Å²) in [6.45, 7) is 1.77. The number of hydrogen-bond acceptors (Lipinski definition) is 3. The average molecular weight is 292 g/mol. The fraction of sp³-hybridized carbons (Fsp3) is 0.444. The molecule has 2 rings (SSSR count). The summed E-state index contributed by atoms with van der Waals surface area (Å²) in [5.74, 6) is 2.31. The molecule has 0 radical (unpaired) electrons. The Bertz CT molecular complexity index is 333. The fourth-order valence-corrected chi connectivity index (χ4v) is 3.40. The van der Waals surface area contributed by atoms with Crippen molar-refractivity contribution in [3.8, 4) is 0 Å². The molecule has 0 bridgehead atoms. The lowest BCUT2D eigenvalue weighted by atomic mass is 10.3. The number of carbonyl (C=O) groups excluding carboxylic acids is 1. The summed E-state index contributed by atoms with van der Waals surface area (Å²) in [5.41, 5.74) is 0.814. The fourth-order valence-electron chi connectivity index (χ4n) is 1.37. The molecule has 1 amide bonds. The van der Waals surface area contributed by atoms with Crippen molar-refractivity contribution in [1.82, 2.24) is 4.90 Å². The molecule has 0 spiro atoms. The molecule has 1 saturated heterocycles. The predicted molar refractivity (Wildman–Crippen MR) is 65.2 cm³/mol. The van der Waals surface area contributed by atoms with Crippen LogP contribution in [0.3, 0.4) is 0 Å². The van der Waals surface area contributed by atoms with E-state index in [0.717, 1.165) is 33.9 Å². The lowest BCUT2D eigenvalue weighted by Gasteiger charge is -2.25. The van der Waals surface area contributed by atoms with Crippen molar-refractivity contribution in [2.45, 2.75) is 0 Å². The van der Waals surface area contributed by atoms with Gasteiger partial charge in [-0.2, -0.15) is 11.8 Å². The third kappa shape index (κ3) is 2.32. The number of hydrogen-bond donors (Lipinski definition) is 0. The van der Waals surface area contributed by atoms with E-state index in [2.05, 4.69) is 15.9 Å². The Kier molecular flexibility index (Phi) is 3.52. The van der Waals surface area contributed by atoms with Gasteiger partial charge in [0.05, 0.1) is 9.35 Å². The van der Waals surface area contributed by atoms with Gasteiger partial charge in [0.2, 0.25) is 0 Å². The van der Waals surface area contributed by atoms with E-state index in [0.29, 0.717) is 0 Å². The van der Waals surface area contributed by atoms with Crippen molar-refractivity contribution in [2.75, 3.05) is 24.6 Å². The van der Waals surface area contributed by atoms with Crippen LogP contribution in [0.4, 0.5) is 0 Å². The molecule has 1 aromatic heterocycles. The van der Waals surface area contributed by atoms with Crippen LogP contribution in [0.15, 0.2) is 15.2 Å². The molecule has 0 aromatic carbocycles. The first kappa shape index (κ1) is 10.5. The molecular weight excluding hydrogens is 282 g/mol. The Morgan fingerprint density at radius 2 is 2.14 bits per heavy atom. The maximum absolute atomic E-state index is 11.9. The van der Waals surface area contributed by atoms with Crippen molar-refractivity contribution in [1.29, 1.82) is 0 Å². The lowest BCUT2D eigenvalue weighted by Crippen LogP contribution is -2.37. The maximum atomic E-state index is 11.9. The summed E-state index contributed by atoms with van der Waals surface area (Å²) >= 11 is 6.84. The Morgan fingerprint density at radius 3 is 2.71 bits per heavy atom. The summed E-state index contributed by atoms with van der Waals surface area (Å²) in [6.07, 6.45) is 0. The van der Waals surface area contributed by atoms with Gasteiger partial charge in [-0.05, 0) is 22.0 Å². The van der Waals surface area contributed by atoms with Gasteiger partial charge >= 0.3 is 0 Å². The van der Waals surface area contributed by atoms with E-state index in [4.69, 9.17) is 0 Å². The Morgan fingerprint density at radius 1 is 1.43 bits per heavy atom. The van der Waals surface area contributed by atoms with Gasteiger partial charge in [0, 0.05) is 30.0 Å². The van der Waals surface area contributed by atoms with Gasteiger partial charge in [-0.1, -0.05) is 0 Å². The first-order valence-corrected chi connectivity index (χ1v) is 7.21. The Balaban J connectivity index is 2.07. The molecular formula is C9H10BrNOS2. The molecule has 0 N–H and O–H groups in total. The van der Waals surface area contributed by atoms with E-state index in [1.807, 2.05) is 28.1 Å². The minimum Gasteiger partial charge on any atom is -0.337 e. The Hall–Kier alpha value is -0.000000000000000167. The van der Waals surface area contributed by atoms with Crippen LogP contribution in [0.1, 0.15) is 10.4 Å². The molecule has 1 fully saturated rings. The molecule has 14 heavy (non-hydrogen) atoms. The zero-order valence-corrected chi connectivity index (χ0v) is 10.8. The first-order chi connectivity index (χ1) is 6.77. The number of carbonyl (C=O) groups is 1. The van der Waals surface area contributed by atoms with Crippen LogP contribution >= 0.6 is 39.0 Å². The summed E-state index contributed by atoms with van der Waals surface area (Å²) in [6, 6.07) is 1.90. The second-order valence-corrected chi connectivity index (χ2v) is 6.56. The first-order valence-electron chi connectivity index (χ1n) is 4.38. The summed E-state index contributed by atoms with van der Waals surface area (Å²) in [7, 11) is 0. The second kappa shape index (κ2) is 4.68. The largest absolute Gasteiger partial charge is 0.337 e. The molecule has 2 nitrogen and oxygen atoms in total. The monoisotopic (exact) mass is 291 g/mol. The van der Waals surface area contributed by atoms with E-state index in [1.165, 1.54) is 0 Å². The van der Waals surface area contributed by atoms with E-state index in [-0.39, 0.29) is 5.91 Å². The highest BCUT2D eigenvalue weighted by Gasteiger charge is 2.18. The highest BCUT2D eigenvalue weighted by Crippen LogP contribution is 2.22. The van der Waals surface area contributed by atoms with E-state index in [9.17, 15) is 4.79 Å². The van der Waals surface area contributed by atoms with Crippen LogP contribution in [-0.2, 0) is 0 Å². The minimum atomic E-state index is 0.173. The summed E-state index contributed by atoms with van der Waals surface area (Å²) in [4.78, 5) is 13.9. The zero-order valence-electron chi connectivity index (χ0n) is 7.53. The quantitative estimate of drug-likeness (QED) is 0.793. The molecule has 2 heterocycles. The second-order valence-electron chi connectivity index (χ2n) is 3.04. The minimum absolute atomic E-state index is 0.173. The van der Waals surface area contributed by atoms with Gasteiger partial charge < -0.3 is 4.90 Å². The van der Waals surface area contributed by atoms with Gasteiger partial charge in [0.25, 0.3) is 5.91 Å². The van der Waals surface area contributed by atoms with Crippen molar-refractivity contribution < 1.29 is 4.79 Å². The van der Waals surface area contributed by atoms with Crippen LogP contribution in [0.5, 0.6) is 0 Å². The number of halogens is 1. The van der Waals surface area contributed by atoms with E-state index in [1.54, 1.807) is 11.3 Å². The molecule has 1 aromatic rings. The van der Waals surface area contributed by atoms with E-state index >= 15 is 0 Å². The number of thiophene rings is 1. The van der Waals surface area contributed by atoms with Crippen LogP contribution < -0.4 is 0 Å². The number of rotatable bonds is 1. The van der Waals surface area contributed by atoms with Crippen LogP contribution in [0.25, 0.3) is 0 Å². The molecule has 1 aliphatic rings. The van der Waals surface area contributed by atoms with Gasteiger partial charge in [-0.25, -0.2) is 0 Å². The third-order valence-electron chi connectivity index (χ3n) is 2.11. The highest BCUT2D eigenvalue weighted by atomic mass is 79.9. The molecule has 1 aliphatic heterocycles. The topological polar surface area (TPSA) is 20.3 Å². The van der Waals surface area contributed by atoms with Crippen LogP contribution in [0, 0.1) is 0 Å². The highest BCUT2D eigenvalue weighted by molar-refractivity contribution is 9.11. The average Bonchev–Trinajstić information content (AvgIpc) is 2.65. The Labute approximate surface area is 99.8 Å². The summed E-state index contributed by atoms with van der Waals surface area (Å²) < 4.78 is 1.02. The van der Waals surface area contributed by atoms with Gasteiger partial charge in [0.15, 0.2) is 0 Å². The van der Waals surface area contributed by atoms with Crippen molar-refractivity contribution in [3.63, 3.8) is 0 Å². The van der Waals surface area contributed by atoms with E-state index < -0.39 is 0 Å². The number of nitrogens with zero attached hydrogens (tertiary/aromatic N) is 1. The standard InChI is InChI=1S/C9H10BrNOS2/c10-8-5-7(6-14-8)9(12)11-1-3-13-4-2-11/h5-6H,1-4H2. The smallest absolute Gasteiger partial charge is 0.254 e. The number of thioether (sulfide) groups is 1. The molecule has 0 unspecified atom stereocenters. The van der Waals surface area contributed by atoms with Crippen molar-refractivity contribution >= 4 is 44.9 Å². The molecule has 0 atom stereocenters. The van der Waals surface area contributed by atoms with Crippen LogP contribution in [-0.4, -0.2) is 35.4 Å². The molecule has 0 aliphatic carbocycles. The molecule has 0 saturated carbocycles. The third-order valence-corrected chi connectivity index (χ3v) is 4.56. The zero-order chi connectivity index (χ0) is 9.97. The van der Waals surface area contributed by atoms with Crippen molar-refractivity contribution in [3.05, 3.63) is 20.8 Å². The van der Waals surface area contributed by atoms with Gasteiger partial charge in [-0.3, -0.25) is 4.79 Å². The van der Waals surface area contributed by atoms with Gasteiger partial charge in [0.1, 0.15) is 0 Å². The summed E-state index contributed by atoms with van der Waals surface area (Å²) in [5, 5.41) is 1.91. The molecule has 5 heteroatoms. The predicted octanol–water partition coefficient (Wildman–Crippen LogP) is 2.70. The van der Waals surface area contributed by atoms with Gasteiger partial charge in [-0.15, -0.1) is 11.3 Å². The molecule has 76 valence electrons. The maximum Gasteiger partial charge on any atom is 0.254 e. The lowest BCUT2D eigenvalue weighted by molar-refractivity contribution is 0.0773.